The number of alkyl halides is 3. The number of halogens is 3. The third-order valence-corrected chi connectivity index (χ3v) is 4.81. The summed E-state index contributed by atoms with van der Waals surface area (Å²) in [6.45, 7) is 3.16. The van der Waals surface area contributed by atoms with Crippen LogP contribution in [-0.2, 0) is 25.2 Å². The lowest BCUT2D eigenvalue weighted by Crippen LogP contribution is -2.37. The number of rotatable bonds is 6. The Kier molecular flexibility index (Phi) is 7.53. The van der Waals surface area contributed by atoms with E-state index in [4.69, 9.17) is 9.47 Å². The van der Waals surface area contributed by atoms with E-state index in [0.717, 1.165) is 17.7 Å². The Morgan fingerprint density at radius 3 is 2.47 bits per heavy atom. The second-order valence-corrected chi connectivity index (χ2v) is 7.14. The molecule has 1 amide bonds. The second-order valence-electron chi connectivity index (χ2n) is 7.14. The molecule has 1 saturated heterocycles. The molecule has 6 nitrogen and oxygen atoms in total. The third kappa shape index (κ3) is 6.34. The molecular weight excluding hydrogens is 425 g/mol. The average molecular weight is 448 g/mol. The standard InChI is InChI=1S/C23H23F3N2O4/c1-16(32-21(29)10-7-17-5-3-2-4-6-17)22(30)27-19-15-18(23(24,25)26)8-9-20(19)28-11-13-31-14-12-28/h2-10,15-16H,11-14H2,1H3,(H,27,30)/b10-7+. The Balaban J connectivity index is 1.71. The van der Waals surface area contributed by atoms with E-state index in [2.05, 4.69) is 5.32 Å². The van der Waals surface area contributed by atoms with E-state index in [-0.39, 0.29) is 5.69 Å². The van der Waals surface area contributed by atoms with Crippen molar-refractivity contribution in [3.63, 3.8) is 0 Å². The van der Waals surface area contributed by atoms with Gasteiger partial charge in [-0.1, -0.05) is 30.3 Å². The van der Waals surface area contributed by atoms with Crippen molar-refractivity contribution in [3.8, 4) is 0 Å². The van der Waals surface area contributed by atoms with Gasteiger partial charge in [0.2, 0.25) is 0 Å². The van der Waals surface area contributed by atoms with Crippen molar-refractivity contribution in [2.45, 2.75) is 19.2 Å². The number of carbonyl (C=O) groups excluding carboxylic acids is 2. The molecule has 1 aliphatic heterocycles. The summed E-state index contributed by atoms with van der Waals surface area (Å²) in [6.07, 6.45) is -3.06. The van der Waals surface area contributed by atoms with Crippen LogP contribution in [-0.4, -0.2) is 44.3 Å². The van der Waals surface area contributed by atoms with E-state index in [1.807, 2.05) is 23.1 Å². The Labute approximate surface area is 183 Å². The number of ether oxygens (including phenoxy) is 2. The summed E-state index contributed by atoms with van der Waals surface area (Å²) >= 11 is 0. The van der Waals surface area contributed by atoms with Crippen LogP contribution in [0.2, 0.25) is 0 Å². The van der Waals surface area contributed by atoms with Gasteiger partial charge in [-0.2, -0.15) is 13.2 Å². The zero-order valence-corrected chi connectivity index (χ0v) is 17.4. The molecule has 1 atom stereocenters. The topological polar surface area (TPSA) is 67.9 Å². The quantitative estimate of drug-likeness (QED) is 0.532. The minimum Gasteiger partial charge on any atom is -0.449 e. The van der Waals surface area contributed by atoms with Crippen LogP contribution in [0, 0.1) is 0 Å². The number of nitrogens with one attached hydrogen (secondary N) is 1. The summed E-state index contributed by atoms with van der Waals surface area (Å²) < 4.78 is 50.0. The van der Waals surface area contributed by atoms with Gasteiger partial charge in [-0.25, -0.2) is 4.79 Å². The Morgan fingerprint density at radius 2 is 1.81 bits per heavy atom. The number of carbonyl (C=O) groups is 2. The molecule has 170 valence electrons. The lowest BCUT2D eigenvalue weighted by atomic mass is 10.1. The van der Waals surface area contributed by atoms with Crippen LogP contribution < -0.4 is 10.2 Å². The maximum atomic E-state index is 13.2. The highest BCUT2D eigenvalue weighted by atomic mass is 19.4. The predicted molar refractivity (Wildman–Crippen MR) is 114 cm³/mol. The summed E-state index contributed by atoms with van der Waals surface area (Å²) in [6, 6.07) is 12.2. The number of esters is 1. The molecule has 2 aromatic carbocycles. The Hall–Kier alpha value is -3.33. The first-order valence-electron chi connectivity index (χ1n) is 10.0. The summed E-state index contributed by atoms with van der Waals surface area (Å²) in [5, 5.41) is 2.48. The van der Waals surface area contributed by atoms with Gasteiger partial charge in [0, 0.05) is 19.2 Å². The second kappa shape index (κ2) is 10.3. The molecule has 0 saturated carbocycles. The first-order chi connectivity index (χ1) is 15.2. The van der Waals surface area contributed by atoms with Crippen LogP contribution in [0.15, 0.2) is 54.6 Å². The largest absolute Gasteiger partial charge is 0.449 e. The van der Waals surface area contributed by atoms with E-state index in [1.54, 1.807) is 12.1 Å². The fraction of sp³-hybridized carbons (Fsp3) is 0.304. The molecule has 1 fully saturated rings. The van der Waals surface area contributed by atoms with Gasteiger partial charge in [-0.15, -0.1) is 0 Å². The van der Waals surface area contributed by atoms with Gasteiger partial charge in [0.1, 0.15) is 0 Å². The minimum atomic E-state index is -4.57. The van der Waals surface area contributed by atoms with Crippen molar-refractivity contribution >= 4 is 29.3 Å². The molecule has 1 unspecified atom stereocenters. The number of nitrogens with zero attached hydrogens (tertiary/aromatic N) is 1. The van der Waals surface area contributed by atoms with Crippen molar-refractivity contribution in [2.24, 2.45) is 0 Å². The molecule has 2 aromatic rings. The first-order valence-corrected chi connectivity index (χ1v) is 10.0. The molecule has 1 aliphatic rings. The summed E-state index contributed by atoms with van der Waals surface area (Å²) in [5.41, 5.74) is 0.326. The van der Waals surface area contributed by atoms with E-state index in [1.165, 1.54) is 25.1 Å². The number of morpholine rings is 1. The van der Waals surface area contributed by atoms with E-state index < -0.39 is 29.7 Å². The fourth-order valence-corrected chi connectivity index (χ4v) is 3.12. The molecular formula is C23H23F3N2O4. The smallest absolute Gasteiger partial charge is 0.416 e. The molecule has 1 N–H and O–H groups in total. The number of hydrogen-bond acceptors (Lipinski definition) is 5. The lowest BCUT2D eigenvalue weighted by Gasteiger charge is -2.31. The third-order valence-electron chi connectivity index (χ3n) is 4.81. The van der Waals surface area contributed by atoms with Crippen LogP contribution in [0.5, 0.6) is 0 Å². The molecule has 0 spiro atoms. The van der Waals surface area contributed by atoms with Crippen molar-refractivity contribution in [1.82, 2.24) is 0 Å². The van der Waals surface area contributed by atoms with E-state index in [0.29, 0.717) is 32.0 Å². The summed E-state index contributed by atoms with van der Waals surface area (Å²) in [7, 11) is 0. The first kappa shape index (κ1) is 23.3. The summed E-state index contributed by atoms with van der Waals surface area (Å²) in [4.78, 5) is 26.4. The number of anilines is 2. The average Bonchev–Trinajstić information content (AvgIpc) is 2.78. The molecule has 1 heterocycles. The molecule has 0 aliphatic carbocycles. The van der Waals surface area contributed by atoms with Gasteiger partial charge in [0.05, 0.1) is 30.2 Å². The van der Waals surface area contributed by atoms with Gasteiger partial charge in [0.15, 0.2) is 6.10 Å². The van der Waals surface area contributed by atoms with Gasteiger partial charge in [-0.3, -0.25) is 4.79 Å². The van der Waals surface area contributed by atoms with Gasteiger partial charge in [0.25, 0.3) is 5.91 Å². The molecule has 0 bridgehead atoms. The fourth-order valence-electron chi connectivity index (χ4n) is 3.12. The van der Waals surface area contributed by atoms with Crippen molar-refractivity contribution in [2.75, 3.05) is 36.5 Å². The predicted octanol–water partition coefficient (Wildman–Crippen LogP) is 4.13. The van der Waals surface area contributed by atoms with Crippen molar-refractivity contribution in [1.29, 1.82) is 0 Å². The number of hydrogen-bond donors (Lipinski definition) is 1. The summed E-state index contributed by atoms with van der Waals surface area (Å²) in [5.74, 6) is -1.48. The molecule has 3 rings (SSSR count). The number of benzene rings is 2. The zero-order chi connectivity index (χ0) is 23.1. The SMILES string of the molecule is CC(OC(=O)/C=C/c1ccccc1)C(=O)Nc1cc(C(F)(F)F)ccc1N1CCOCC1. The Morgan fingerprint density at radius 1 is 1.12 bits per heavy atom. The molecule has 0 radical (unpaired) electrons. The van der Waals surface area contributed by atoms with Gasteiger partial charge < -0.3 is 19.7 Å². The maximum absolute atomic E-state index is 13.2. The van der Waals surface area contributed by atoms with Crippen LogP contribution in [0.1, 0.15) is 18.1 Å². The molecule has 32 heavy (non-hydrogen) atoms. The normalized spacial score (nSPS) is 15.4. The van der Waals surface area contributed by atoms with E-state index >= 15 is 0 Å². The van der Waals surface area contributed by atoms with Crippen LogP contribution in [0.25, 0.3) is 6.08 Å². The van der Waals surface area contributed by atoms with Gasteiger partial charge >= 0.3 is 12.1 Å². The molecule has 9 heteroatoms. The molecule has 0 aromatic heterocycles. The Bertz CT molecular complexity index is 971. The van der Waals surface area contributed by atoms with E-state index in [9.17, 15) is 22.8 Å². The number of amides is 1. The van der Waals surface area contributed by atoms with Crippen molar-refractivity contribution < 1.29 is 32.2 Å². The van der Waals surface area contributed by atoms with Crippen molar-refractivity contribution in [3.05, 3.63) is 65.7 Å². The minimum absolute atomic E-state index is 0.00514. The van der Waals surface area contributed by atoms with Crippen LogP contribution >= 0.6 is 0 Å². The highest BCUT2D eigenvalue weighted by Gasteiger charge is 2.32. The monoisotopic (exact) mass is 448 g/mol. The zero-order valence-electron chi connectivity index (χ0n) is 17.4. The van der Waals surface area contributed by atoms with Gasteiger partial charge in [-0.05, 0) is 36.8 Å². The highest BCUT2D eigenvalue weighted by Crippen LogP contribution is 2.35. The van der Waals surface area contributed by atoms with Crippen LogP contribution in [0.3, 0.4) is 0 Å². The lowest BCUT2D eigenvalue weighted by molar-refractivity contribution is -0.148. The highest BCUT2D eigenvalue weighted by molar-refractivity contribution is 5.99. The maximum Gasteiger partial charge on any atom is 0.416 e. The van der Waals surface area contributed by atoms with Crippen LogP contribution in [0.4, 0.5) is 24.5 Å².